The van der Waals surface area contributed by atoms with Gasteiger partial charge in [0.1, 0.15) is 0 Å². The number of hydrogen-bond acceptors (Lipinski definition) is 5. The van der Waals surface area contributed by atoms with Crippen LogP contribution < -0.4 is 5.32 Å². The average molecular weight is 340 g/mol. The van der Waals surface area contributed by atoms with Crippen LogP contribution in [0.25, 0.3) is 0 Å². The summed E-state index contributed by atoms with van der Waals surface area (Å²) in [6.07, 6.45) is 0.883. The summed E-state index contributed by atoms with van der Waals surface area (Å²) in [6.45, 7) is 1.94. The molecule has 7 nitrogen and oxygen atoms in total. The first-order valence-electron chi connectivity index (χ1n) is 7.35. The number of aliphatic hydroxyl groups is 1. The lowest BCUT2D eigenvalue weighted by molar-refractivity contribution is -0.156. The van der Waals surface area contributed by atoms with Gasteiger partial charge in [0.2, 0.25) is 11.8 Å². The van der Waals surface area contributed by atoms with E-state index in [2.05, 4.69) is 5.32 Å². The van der Waals surface area contributed by atoms with Gasteiger partial charge in [-0.05, 0) is 30.4 Å². The first kappa shape index (κ1) is 17.4. The van der Waals surface area contributed by atoms with Crippen molar-refractivity contribution in [2.24, 2.45) is 0 Å². The molecule has 0 bridgehead atoms. The van der Waals surface area contributed by atoms with Gasteiger partial charge in [-0.15, -0.1) is 11.3 Å². The summed E-state index contributed by atoms with van der Waals surface area (Å²) in [7, 11) is 0. The van der Waals surface area contributed by atoms with Crippen LogP contribution in [-0.2, 0) is 27.3 Å². The molecule has 0 radical (unpaired) electrons. The van der Waals surface area contributed by atoms with E-state index in [4.69, 9.17) is 5.11 Å². The number of fused-ring (bicyclic) bond motifs is 1. The van der Waals surface area contributed by atoms with Crippen LogP contribution in [0.4, 0.5) is 0 Å². The number of thiophene rings is 1. The Morgan fingerprint density at radius 1 is 1.39 bits per heavy atom. The summed E-state index contributed by atoms with van der Waals surface area (Å²) < 4.78 is 0. The Balaban J connectivity index is 1.74. The van der Waals surface area contributed by atoms with E-state index in [1.165, 1.54) is 4.88 Å². The second-order valence-electron chi connectivity index (χ2n) is 5.79. The van der Waals surface area contributed by atoms with Gasteiger partial charge in [-0.25, -0.2) is 4.79 Å². The summed E-state index contributed by atoms with van der Waals surface area (Å²) in [5, 5.41) is 22.6. The molecule has 1 atom stereocenters. The fourth-order valence-electron chi connectivity index (χ4n) is 2.27. The molecule has 126 valence electrons. The highest BCUT2D eigenvalue weighted by Crippen LogP contribution is 2.24. The van der Waals surface area contributed by atoms with Crippen LogP contribution in [0.2, 0.25) is 0 Å². The smallest absolute Gasteiger partial charge is 0.337 e. The van der Waals surface area contributed by atoms with E-state index in [0.717, 1.165) is 18.9 Å². The molecule has 0 spiro atoms. The zero-order valence-corrected chi connectivity index (χ0v) is 13.7. The van der Waals surface area contributed by atoms with Gasteiger partial charge in [-0.1, -0.05) is 0 Å². The van der Waals surface area contributed by atoms with E-state index in [-0.39, 0.29) is 18.7 Å². The lowest BCUT2D eigenvalue weighted by Crippen LogP contribution is -2.46. The summed E-state index contributed by atoms with van der Waals surface area (Å²) in [5.41, 5.74) is -0.849. The molecule has 0 fully saturated rings. The van der Waals surface area contributed by atoms with Crippen molar-refractivity contribution in [1.82, 2.24) is 10.2 Å². The van der Waals surface area contributed by atoms with Gasteiger partial charge in [0, 0.05) is 30.8 Å². The van der Waals surface area contributed by atoms with Gasteiger partial charge in [0.15, 0.2) is 5.60 Å². The maximum absolute atomic E-state index is 12.1. The second-order valence-corrected chi connectivity index (χ2v) is 6.79. The Morgan fingerprint density at radius 3 is 2.83 bits per heavy atom. The highest BCUT2D eigenvalue weighted by atomic mass is 32.1. The maximum Gasteiger partial charge on any atom is 0.337 e. The molecule has 3 N–H and O–H groups in total. The van der Waals surface area contributed by atoms with E-state index >= 15 is 0 Å². The first-order valence-corrected chi connectivity index (χ1v) is 8.23. The Morgan fingerprint density at radius 2 is 2.13 bits per heavy atom. The maximum atomic E-state index is 12.1. The molecule has 0 saturated carbocycles. The standard InChI is InChI=1S/C15H20N2O5S/c1-15(22,14(20)21)9-16-12(18)2-3-13(19)17-6-4-11-10(8-17)5-7-23-11/h5,7,22H,2-4,6,8-9H2,1H3,(H,16,18)(H,20,21). The third-order valence-electron chi connectivity index (χ3n) is 3.82. The predicted octanol–water partition coefficient (Wildman–Crippen LogP) is 0.365. The van der Waals surface area contributed by atoms with Crippen LogP contribution in [0.5, 0.6) is 0 Å². The zero-order valence-electron chi connectivity index (χ0n) is 12.9. The number of hydrogen-bond donors (Lipinski definition) is 3. The van der Waals surface area contributed by atoms with Crippen LogP contribution in [-0.4, -0.2) is 51.6 Å². The number of rotatable bonds is 6. The minimum atomic E-state index is -2.01. The summed E-state index contributed by atoms with van der Waals surface area (Å²) in [4.78, 5) is 37.6. The predicted molar refractivity (Wildman–Crippen MR) is 83.9 cm³/mol. The fourth-order valence-corrected chi connectivity index (χ4v) is 3.16. The van der Waals surface area contributed by atoms with Crippen molar-refractivity contribution >= 4 is 29.1 Å². The molecule has 0 saturated heterocycles. The number of carboxylic acids is 1. The molecule has 0 aliphatic carbocycles. The Bertz CT molecular complexity index is 611. The average Bonchev–Trinajstić information content (AvgIpc) is 2.97. The van der Waals surface area contributed by atoms with Crippen molar-refractivity contribution in [3.05, 3.63) is 21.9 Å². The quantitative estimate of drug-likeness (QED) is 0.693. The molecule has 8 heteroatoms. The van der Waals surface area contributed by atoms with Crippen LogP contribution in [0.1, 0.15) is 30.2 Å². The monoisotopic (exact) mass is 340 g/mol. The summed E-state index contributed by atoms with van der Waals surface area (Å²) >= 11 is 1.69. The molecule has 2 heterocycles. The normalized spacial score (nSPS) is 16.3. The Hall–Kier alpha value is -1.93. The third-order valence-corrected chi connectivity index (χ3v) is 4.84. The number of amides is 2. The molecule has 0 aromatic carbocycles. The molecule has 1 aromatic rings. The van der Waals surface area contributed by atoms with Gasteiger partial charge in [-0.2, -0.15) is 0 Å². The Kier molecular flexibility index (Phi) is 5.38. The van der Waals surface area contributed by atoms with E-state index in [9.17, 15) is 19.5 Å². The summed E-state index contributed by atoms with van der Waals surface area (Å²) in [5.74, 6) is -1.95. The van der Waals surface area contributed by atoms with Crippen molar-refractivity contribution in [2.75, 3.05) is 13.1 Å². The van der Waals surface area contributed by atoms with Gasteiger partial charge >= 0.3 is 5.97 Å². The SMILES string of the molecule is CC(O)(CNC(=O)CCC(=O)N1CCc2sccc2C1)C(=O)O. The molecule has 23 heavy (non-hydrogen) atoms. The lowest BCUT2D eigenvalue weighted by Gasteiger charge is -2.27. The molecule has 2 rings (SSSR count). The number of carbonyl (C=O) groups excluding carboxylic acids is 2. The van der Waals surface area contributed by atoms with Gasteiger partial charge in [-0.3, -0.25) is 9.59 Å². The highest BCUT2D eigenvalue weighted by molar-refractivity contribution is 7.10. The van der Waals surface area contributed by atoms with Gasteiger partial charge < -0.3 is 20.4 Å². The van der Waals surface area contributed by atoms with Crippen LogP contribution >= 0.6 is 11.3 Å². The van der Waals surface area contributed by atoms with Crippen molar-refractivity contribution in [3.63, 3.8) is 0 Å². The largest absolute Gasteiger partial charge is 0.479 e. The van der Waals surface area contributed by atoms with E-state index in [0.29, 0.717) is 13.1 Å². The van der Waals surface area contributed by atoms with E-state index in [1.54, 1.807) is 16.2 Å². The van der Waals surface area contributed by atoms with Crippen molar-refractivity contribution in [2.45, 2.75) is 38.3 Å². The third kappa shape index (κ3) is 4.52. The topological polar surface area (TPSA) is 107 Å². The van der Waals surface area contributed by atoms with Crippen molar-refractivity contribution in [1.29, 1.82) is 0 Å². The molecule has 1 unspecified atom stereocenters. The van der Waals surface area contributed by atoms with Crippen molar-refractivity contribution < 1.29 is 24.6 Å². The number of carbonyl (C=O) groups is 3. The number of nitrogens with zero attached hydrogens (tertiary/aromatic N) is 1. The molecule has 2 amide bonds. The molecule has 1 aliphatic heterocycles. The molecule has 1 aromatic heterocycles. The molecule has 1 aliphatic rings. The minimum absolute atomic E-state index is 0.0263. The van der Waals surface area contributed by atoms with Crippen LogP contribution in [0.3, 0.4) is 0 Å². The summed E-state index contributed by atoms with van der Waals surface area (Å²) in [6, 6.07) is 2.01. The highest BCUT2D eigenvalue weighted by Gasteiger charge is 2.30. The number of carboxylic acid groups (broad SMARTS) is 1. The van der Waals surface area contributed by atoms with E-state index in [1.807, 2.05) is 11.4 Å². The Labute approximate surface area is 137 Å². The lowest BCUT2D eigenvalue weighted by atomic mass is 10.1. The van der Waals surface area contributed by atoms with Crippen molar-refractivity contribution in [3.8, 4) is 0 Å². The van der Waals surface area contributed by atoms with Crippen LogP contribution in [0.15, 0.2) is 11.4 Å². The van der Waals surface area contributed by atoms with Gasteiger partial charge in [0.25, 0.3) is 0 Å². The minimum Gasteiger partial charge on any atom is -0.479 e. The second kappa shape index (κ2) is 7.10. The molecular formula is C15H20N2O5S. The van der Waals surface area contributed by atoms with Crippen LogP contribution in [0, 0.1) is 0 Å². The number of nitrogens with one attached hydrogen (secondary N) is 1. The van der Waals surface area contributed by atoms with E-state index < -0.39 is 24.0 Å². The molecular weight excluding hydrogens is 320 g/mol. The first-order chi connectivity index (χ1) is 10.8. The van der Waals surface area contributed by atoms with Gasteiger partial charge in [0.05, 0.1) is 6.54 Å². The number of aliphatic carboxylic acids is 1. The fraction of sp³-hybridized carbons (Fsp3) is 0.533. The zero-order chi connectivity index (χ0) is 17.0.